The van der Waals surface area contributed by atoms with Crippen LogP contribution in [-0.2, 0) is 27.4 Å². The lowest BCUT2D eigenvalue weighted by atomic mass is 10.1. The fraction of sp³-hybridized carbons (Fsp3) is 0.448. The zero-order chi connectivity index (χ0) is 26.9. The van der Waals surface area contributed by atoms with Crippen LogP contribution in [0.4, 0.5) is 0 Å². The number of ether oxygens (including phenoxy) is 3. The molecular weight excluding hydrogens is 484 g/mol. The molecule has 9 nitrogen and oxygen atoms in total. The van der Waals surface area contributed by atoms with Crippen molar-refractivity contribution in [3.05, 3.63) is 70.5 Å². The summed E-state index contributed by atoms with van der Waals surface area (Å²) in [6, 6.07) is 17.6. The molecule has 1 aliphatic heterocycles. The van der Waals surface area contributed by atoms with Gasteiger partial charge in [0.2, 0.25) is 5.91 Å². The van der Waals surface area contributed by atoms with Crippen LogP contribution in [0.2, 0.25) is 0 Å². The standard InChI is InChI=1S/C29H38N4O5/c1-3-37-16-14-33-27-18-26(38-25-7-5-4-6-8-25)10-9-22(27)17-23(29(33)35)19-31-12-13-32(21-28(30)34)24(20-31)11-15-36-2/h4-10,17-18,24H,3,11-16,19-21H2,1-2H3,(H2,30,34). The predicted octanol–water partition coefficient (Wildman–Crippen LogP) is 2.84. The molecule has 3 aromatic rings. The summed E-state index contributed by atoms with van der Waals surface area (Å²) >= 11 is 0. The molecule has 9 heteroatoms. The number of piperazine rings is 1. The van der Waals surface area contributed by atoms with Crippen molar-refractivity contribution in [2.45, 2.75) is 32.5 Å². The lowest BCUT2D eigenvalue weighted by Crippen LogP contribution is -2.55. The Balaban J connectivity index is 1.60. The van der Waals surface area contributed by atoms with Crippen LogP contribution in [0.3, 0.4) is 0 Å². The van der Waals surface area contributed by atoms with E-state index in [1.54, 1.807) is 11.7 Å². The molecule has 1 unspecified atom stereocenters. The molecule has 2 heterocycles. The summed E-state index contributed by atoms with van der Waals surface area (Å²) in [6.07, 6.45) is 0.792. The Labute approximate surface area is 223 Å². The molecule has 1 aliphatic rings. The fourth-order valence-electron chi connectivity index (χ4n) is 5.01. The van der Waals surface area contributed by atoms with E-state index in [0.717, 1.165) is 41.7 Å². The van der Waals surface area contributed by atoms with Crippen molar-refractivity contribution >= 4 is 16.8 Å². The summed E-state index contributed by atoms with van der Waals surface area (Å²) < 4.78 is 18.7. The third-order valence-corrected chi connectivity index (χ3v) is 6.88. The molecule has 1 atom stereocenters. The number of nitrogens with two attached hydrogens (primary N) is 1. The number of aromatic nitrogens is 1. The number of rotatable bonds is 13. The van der Waals surface area contributed by atoms with Gasteiger partial charge in [-0.2, -0.15) is 0 Å². The largest absolute Gasteiger partial charge is 0.457 e. The average molecular weight is 523 g/mol. The van der Waals surface area contributed by atoms with E-state index in [4.69, 9.17) is 19.9 Å². The van der Waals surface area contributed by atoms with Crippen LogP contribution >= 0.6 is 0 Å². The van der Waals surface area contributed by atoms with Crippen molar-refractivity contribution in [2.75, 3.05) is 53.1 Å². The molecule has 1 fully saturated rings. The van der Waals surface area contributed by atoms with Gasteiger partial charge in [0.25, 0.3) is 5.56 Å². The zero-order valence-electron chi connectivity index (χ0n) is 22.3. The number of benzene rings is 2. The number of methoxy groups -OCH3 is 1. The van der Waals surface area contributed by atoms with Gasteiger partial charge in [-0.05, 0) is 49.1 Å². The van der Waals surface area contributed by atoms with Gasteiger partial charge in [0.1, 0.15) is 11.5 Å². The molecule has 38 heavy (non-hydrogen) atoms. The maximum absolute atomic E-state index is 13.7. The van der Waals surface area contributed by atoms with E-state index in [1.165, 1.54) is 0 Å². The van der Waals surface area contributed by atoms with Crippen LogP contribution in [0.15, 0.2) is 59.4 Å². The Morgan fingerprint density at radius 1 is 1.05 bits per heavy atom. The number of carbonyl (C=O) groups is 1. The first-order chi connectivity index (χ1) is 18.5. The van der Waals surface area contributed by atoms with Gasteiger partial charge in [0.15, 0.2) is 0 Å². The number of primary amides is 1. The topological polar surface area (TPSA) is 99.3 Å². The molecule has 0 aliphatic carbocycles. The molecule has 1 saturated heterocycles. The highest BCUT2D eigenvalue weighted by Gasteiger charge is 2.28. The number of amides is 1. The molecule has 1 aromatic heterocycles. The maximum atomic E-state index is 13.7. The van der Waals surface area contributed by atoms with Gasteiger partial charge in [-0.15, -0.1) is 0 Å². The van der Waals surface area contributed by atoms with Crippen LogP contribution in [0.1, 0.15) is 18.9 Å². The van der Waals surface area contributed by atoms with Crippen molar-refractivity contribution in [3.8, 4) is 11.5 Å². The van der Waals surface area contributed by atoms with Crippen LogP contribution < -0.4 is 16.0 Å². The number of fused-ring (bicyclic) bond motifs is 1. The molecule has 0 spiro atoms. The van der Waals surface area contributed by atoms with E-state index in [2.05, 4.69) is 9.80 Å². The van der Waals surface area contributed by atoms with Gasteiger partial charge in [0.05, 0.1) is 18.7 Å². The minimum absolute atomic E-state index is 0.0259. The third kappa shape index (κ3) is 7.20. The van der Waals surface area contributed by atoms with Crippen molar-refractivity contribution < 1.29 is 19.0 Å². The van der Waals surface area contributed by atoms with E-state index >= 15 is 0 Å². The Morgan fingerprint density at radius 3 is 2.61 bits per heavy atom. The first-order valence-electron chi connectivity index (χ1n) is 13.2. The van der Waals surface area contributed by atoms with Crippen molar-refractivity contribution in [2.24, 2.45) is 5.73 Å². The molecule has 2 aromatic carbocycles. The molecule has 0 radical (unpaired) electrons. The lowest BCUT2D eigenvalue weighted by molar-refractivity contribution is -0.120. The summed E-state index contributed by atoms with van der Waals surface area (Å²) in [5.74, 6) is 1.08. The Kier molecular flexibility index (Phi) is 9.89. The van der Waals surface area contributed by atoms with Gasteiger partial charge in [-0.3, -0.25) is 19.4 Å². The summed E-state index contributed by atoms with van der Waals surface area (Å²) in [4.78, 5) is 29.7. The summed E-state index contributed by atoms with van der Waals surface area (Å²) in [6.45, 7) is 6.99. The van der Waals surface area contributed by atoms with Crippen molar-refractivity contribution in [1.82, 2.24) is 14.4 Å². The molecule has 4 rings (SSSR count). The van der Waals surface area contributed by atoms with Gasteiger partial charge in [-0.1, -0.05) is 18.2 Å². The predicted molar refractivity (Wildman–Crippen MR) is 148 cm³/mol. The smallest absolute Gasteiger partial charge is 0.255 e. The highest BCUT2D eigenvalue weighted by molar-refractivity contribution is 5.81. The third-order valence-electron chi connectivity index (χ3n) is 6.88. The van der Waals surface area contributed by atoms with E-state index in [1.807, 2.05) is 61.5 Å². The number of pyridine rings is 1. The van der Waals surface area contributed by atoms with E-state index in [9.17, 15) is 9.59 Å². The molecule has 0 bridgehead atoms. The number of para-hydroxylation sites is 1. The number of nitrogens with zero attached hydrogens (tertiary/aromatic N) is 3. The molecule has 204 valence electrons. The monoisotopic (exact) mass is 522 g/mol. The Hall–Kier alpha value is -3.24. The first kappa shape index (κ1) is 27.8. The zero-order valence-corrected chi connectivity index (χ0v) is 22.3. The Bertz CT molecular complexity index is 1260. The van der Waals surface area contributed by atoms with Crippen LogP contribution in [0.25, 0.3) is 10.9 Å². The lowest BCUT2D eigenvalue weighted by Gasteiger charge is -2.41. The van der Waals surface area contributed by atoms with Crippen molar-refractivity contribution in [3.63, 3.8) is 0 Å². The highest BCUT2D eigenvalue weighted by Crippen LogP contribution is 2.26. The van der Waals surface area contributed by atoms with Gasteiger partial charge >= 0.3 is 0 Å². The van der Waals surface area contributed by atoms with Gasteiger partial charge in [0, 0.05) is 70.7 Å². The summed E-state index contributed by atoms with van der Waals surface area (Å²) in [5.41, 5.74) is 7.00. The molecule has 2 N–H and O–H groups in total. The van der Waals surface area contributed by atoms with E-state index in [-0.39, 0.29) is 24.1 Å². The highest BCUT2D eigenvalue weighted by atomic mass is 16.5. The number of hydrogen-bond acceptors (Lipinski definition) is 7. The second-order valence-electron chi connectivity index (χ2n) is 9.57. The van der Waals surface area contributed by atoms with Gasteiger partial charge in [-0.25, -0.2) is 0 Å². The van der Waals surface area contributed by atoms with E-state index < -0.39 is 0 Å². The first-order valence-corrected chi connectivity index (χ1v) is 13.2. The van der Waals surface area contributed by atoms with Gasteiger partial charge < -0.3 is 24.5 Å². The normalized spacial score (nSPS) is 16.6. The van der Waals surface area contributed by atoms with Crippen molar-refractivity contribution in [1.29, 1.82) is 0 Å². The summed E-state index contributed by atoms with van der Waals surface area (Å²) in [7, 11) is 1.68. The SMILES string of the molecule is CCOCCn1c(=O)c(CN2CCN(CC(N)=O)C(CCOC)C2)cc2ccc(Oc3ccccc3)cc21. The fourth-order valence-corrected chi connectivity index (χ4v) is 5.01. The molecule has 0 saturated carbocycles. The average Bonchev–Trinajstić information content (AvgIpc) is 2.91. The van der Waals surface area contributed by atoms with Crippen LogP contribution in [0.5, 0.6) is 11.5 Å². The number of carbonyl (C=O) groups excluding carboxylic acids is 1. The second-order valence-corrected chi connectivity index (χ2v) is 9.57. The van der Waals surface area contributed by atoms with E-state index in [0.29, 0.717) is 45.2 Å². The minimum Gasteiger partial charge on any atom is -0.457 e. The summed E-state index contributed by atoms with van der Waals surface area (Å²) in [5, 5.41) is 0.972. The second kappa shape index (κ2) is 13.5. The molecule has 1 amide bonds. The Morgan fingerprint density at radius 2 is 1.87 bits per heavy atom. The molecular formula is C29H38N4O5. The quantitative estimate of drug-likeness (QED) is 0.345. The van der Waals surface area contributed by atoms with Crippen LogP contribution in [-0.4, -0.2) is 79.4 Å². The number of hydrogen-bond donors (Lipinski definition) is 1. The minimum atomic E-state index is -0.330. The van der Waals surface area contributed by atoms with Crippen LogP contribution in [0, 0.1) is 0 Å². The maximum Gasteiger partial charge on any atom is 0.255 e.